The maximum atomic E-state index is 12.6. The molecule has 0 bridgehead atoms. The van der Waals surface area contributed by atoms with Gasteiger partial charge in [-0.05, 0) is 44.8 Å². The molecule has 162 valence electrons. The van der Waals surface area contributed by atoms with Gasteiger partial charge in [0.15, 0.2) is 5.47 Å². The molecular formula is C22H14O2P2S4Ti-10. The van der Waals surface area contributed by atoms with Crippen molar-refractivity contribution in [2.24, 2.45) is 0 Å². The fourth-order valence-electron chi connectivity index (χ4n) is 1.77. The van der Waals surface area contributed by atoms with Gasteiger partial charge >= 0.3 is 0 Å². The summed E-state index contributed by atoms with van der Waals surface area (Å²) in [6.07, 6.45) is 0. The van der Waals surface area contributed by atoms with Crippen molar-refractivity contribution in [2.75, 3.05) is 0 Å². The van der Waals surface area contributed by atoms with E-state index in [9.17, 15) is 9.46 Å². The van der Waals surface area contributed by atoms with Gasteiger partial charge in [0.2, 0.25) is 5.55 Å². The Morgan fingerprint density at radius 3 is 1.52 bits per heavy atom. The molecule has 0 aromatic heterocycles. The largest absolute Gasteiger partial charge is 0.999 e. The Morgan fingerprint density at radius 1 is 0.774 bits per heavy atom. The molecule has 9 heteroatoms. The quantitative estimate of drug-likeness (QED) is 0.111. The molecule has 0 fully saturated rings. The second-order valence-corrected chi connectivity index (χ2v) is 20.1. The number of benzene rings is 2. The summed E-state index contributed by atoms with van der Waals surface area (Å²) in [6, 6.07) is 42.1. The Morgan fingerprint density at radius 2 is 1.16 bits per heavy atom. The van der Waals surface area contributed by atoms with E-state index < -0.39 is 11.0 Å². The molecule has 0 radical (unpaired) electrons. The molecule has 4 aromatic carbocycles. The van der Waals surface area contributed by atoms with Gasteiger partial charge in [0, 0.05) is 32.3 Å². The van der Waals surface area contributed by atoms with E-state index in [0.29, 0.717) is 10.6 Å². The van der Waals surface area contributed by atoms with Gasteiger partial charge in [0.25, 0.3) is 0 Å². The fourth-order valence-corrected chi connectivity index (χ4v) is 18.4. The molecule has 0 saturated heterocycles. The Hall–Kier alpha value is -0.256. The van der Waals surface area contributed by atoms with E-state index in [0.717, 1.165) is 20.8 Å². The zero-order valence-corrected chi connectivity index (χ0v) is 22.5. The third kappa shape index (κ3) is 11.4. The second kappa shape index (κ2) is 15.6. The minimum atomic E-state index is -2.89. The summed E-state index contributed by atoms with van der Waals surface area (Å²) in [5, 5.41) is 1.36. The van der Waals surface area contributed by atoms with Gasteiger partial charge in [-0.1, -0.05) is 60.8 Å². The van der Waals surface area contributed by atoms with Crippen LogP contribution >= 0.6 is 44.1 Å². The van der Waals surface area contributed by atoms with Crippen molar-refractivity contribution in [3.05, 3.63) is 121 Å². The molecule has 0 heterocycles. The molecule has 0 saturated carbocycles. The smallest absolute Gasteiger partial charge is 0.226 e. The van der Waals surface area contributed by atoms with Crippen molar-refractivity contribution < 1.29 is 31.2 Å². The Labute approximate surface area is 217 Å². The van der Waals surface area contributed by atoms with E-state index in [1.54, 1.807) is 36.4 Å². The monoisotopic (exact) mass is 548 g/mol. The molecule has 0 spiro atoms. The van der Waals surface area contributed by atoms with Crippen molar-refractivity contribution >= 4 is 66.5 Å². The standard InChI is InChI=1S/C12H12O2P2S4.2C5H.Ti/c13-15(17,11-7-3-1-4-8-11)19-20-16(14,18)12-9-5-2-6-10-12;2*1-2-4-5-3-1;/h1-10H,(H,13,17)(H,14,18);2*1H;/q;2*-5;. The first-order valence-electron chi connectivity index (χ1n) is 8.22. The van der Waals surface area contributed by atoms with Crippen LogP contribution in [0.5, 0.6) is 0 Å². The average Bonchev–Trinajstić information content (AvgIpc) is 3.53. The van der Waals surface area contributed by atoms with Crippen LogP contribution in [0, 0.1) is 48.5 Å². The molecule has 0 aliphatic rings. The Kier molecular flexibility index (Phi) is 14.4. The van der Waals surface area contributed by atoms with Gasteiger partial charge < -0.3 is 65.6 Å². The molecule has 4 aromatic rings. The molecule has 2 nitrogen and oxygen atoms in total. The molecular weight excluding hydrogens is 534 g/mol. The molecule has 31 heavy (non-hydrogen) atoms. The van der Waals surface area contributed by atoms with Gasteiger partial charge in [-0.3, -0.25) is 4.57 Å². The predicted molar refractivity (Wildman–Crippen MR) is 135 cm³/mol. The van der Waals surface area contributed by atoms with Gasteiger partial charge in [-0.25, -0.2) is 0 Å². The average molecular weight is 548 g/mol. The first kappa shape index (κ1) is 28.8. The van der Waals surface area contributed by atoms with E-state index in [4.69, 9.17) is 11.8 Å². The second-order valence-electron chi connectivity index (χ2n) is 5.23. The summed E-state index contributed by atoms with van der Waals surface area (Å²) in [4.78, 5) is 10.4. The third-order valence-corrected chi connectivity index (χ3v) is 19.0. The SMILES string of the molecule is O=P(S)(SSP(O)(=S)c1ccccc1)c1ccccc1.[Ti].[c-]1[c-][c-][cH-][c-]1.[c-]1[c-][c-][cH-][c-]1. The van der Waals surface area contributed by atoms with E-state index in [2.05, 4.69) is 60.8 Å². The topological polar surface area (TPSA) is 37.3 Å². The zero-order valence-electron chi connectivity index (χ0n) is 15.9. The molecule has 2 unspecified atom stereocenters. The van der Waals surface area contributed by atoms with Crippen molar-refractivity contribution in [3.63, 3.8) is 0 Å². The molecule has 1 N–H and O–H groups in total. The summed E-state index contributed by atoms with van der Waals surface area (Å²) in [6.45, 7) is 0. The van der Waals surface area contributed by atoms with Crippen LogP contribution in [0.4, 0.5) is 0 Å². The Balaban J connectivity index is 0.000000356. The van der Waals surface area contributed by atoms with Crippen LogP contribution in [0.25, 0.3) is 0 Å². The van der Waals surface area contributed by atoms with Crippen LogP contribution in [-0.4, -0.2) is 4.89 Å². The predicted octanol–water partition coefficient (Wildman–Crippen LogP) is 5.65. The molecule has 0 aliphatic heterocycles. The number of rotatable bonds is 5. The fraction of sp³-hybridized carbons (Fsp3) is 0. The van der Waals surface area contributed by atoms with Crippen molar-refractivity contribution in [1.82, 2.24) is 0 Å². The molecule has 0 amide bonds. The van der Waals surface area contributed by atoms with Gasteiger partial charge in [-0.15, -0.1) is 0 Å². The first-order valence-corrected chi connectivity index (χ1v) is 17.2. The normalized spacial score (nSPS) is 13.6. The van der Waals surface area contributed by atoms with E-state index in [1.165, 1.54) is 0 Å². The van der Waals surface area contributed by atoms with E-state index in [-0.39, 0.29) is 21.7 Å². The number of thiol groups is 1. The van der Waals surface area contributed by atoms with Crippen LogP contribution in [0.15, 0.2) is 72.8 Å². The first-order chi connectivity index (χ1) is 14.4. The van der Waals surface area contributed by atoms with Crippen LogP contribution in [0.1, 0.15) is 0 Å². The summed E-state index contributed by atoms with van der Waals surface area (Å²) >= 11 is 9.54. The molecule has 4 rings (SSSR count). The summed E-state index contributed by atoms with van der Waals surface area (Å²) in [7, 11) is 2.16. The van der Waals surface area contributed by atoms with Gasteiger partial charge in [-0.2, -0.15) is 0 Å². The third-order valence-electron chi connectivity index (χ3n) is 3.10. The van der Waals surface area contributed by atoms with Gasteiger partial charge in [0.05, 0.1) is 0 Å². The van der Waals surface area contributed by atoms with Crippen LogP contribution < -0.4 is 10.6 Å². The Bertz CT molecular complexity index is 908. The molecule has 0 aliphatic carbocycles. The maximum absolute atomic E-state index is 12.6. The summed E-state index contributed by atoms with van der Waals surface area (Å²) in [5.74, 6) is 0. The minimum Gasteiger partial charge on any atom is -0.999 e. The van der Waals surface area contributed by atoms with Crippen molar-refractivity contribution in [2.45, 2.75) is 0 Å². The minimum absolute atomic E-state index is 0. The van der Waals surface area contributed by atoms with E-state index >= 15 is 0 Å². The number of hydrogen-bond acceptors (Lipinski definition) is 4. The van der Waals surface area contributed by atoms with Crippen LogP contribution in [0.3, 0.4) is 0 Å². The van der Waals surface area contributed by atoms with Crippen molar-refractivity contribution in [1.29, 1.82) is 0 Å². The summed E-state index contributed by atoms with van der Waals surface area (Å²) in [5.41, 5.74) is -5.66. The zero-order chi connectivity index (χ0) is 21.7. The van der Waals surface area contributed by atoms with Crippen LogP contribution in [0.2, 0.25) is 0 Å². The van der Waals surface area contributed by atoms with Gasteiger partial charge in [0.1, 0.15) is 0 Å². The van der Waals surface area contributed by atoms with Crippen molar-refractivity contribution in [3.8, 4) is 0 Å². The number of hydrogen-bond donors (Lipinski definition) is 2. The molecule has 2 atom stereocenters. The summed E-state index contributed by atoms with van der Waals surface area (Å²) < 4.78 is 12.6. The maximum Gasteiger partial charge on any atom is 0.226 e. The van der Waals surface area contributed by atoms with Crippen LogP contribution in [-0.2, 0) is 38.1 Å². The van der Waals surface area contributed by atoms with E-state index in [1.807, 2.05) is 36.4 Å².